The zero-order chi connectivity index (χ0) is 12.2. The summed E-state index contributed by atoms with van der Waals surface area (Å²) in [5.41, 5.74) is 4.49. The lowest BCUT2D eigenvalue weighted by Crippen LogP contribution is -2.53. The number of aromatic amines is 1. The minimum absolute atomic E-state index is 0.717. The van der Waals surface area contributed by atoms with Crippen molar-refractivity contribution >= 4 is 10.9 Å². The fraction of sp³-hybridized carbons (Fsp3) is 0.500. The summed E-state index contributed by atoms with van der Waals surface area (Å²) < 4.78 is 1.26. The van der Waals surface area contributed by atoms with E-state index in [-0.39, 0.29) is 0 Å². The zero-order valence-corrected chi connectivity index (χ0v) is 11.1. The molecule has 4 rings (SSSR count). The number of hydrogen-bond acceptors (Lipinski definition) is 0. The van der Waals surface area contributed by atoms with E-state index in [1.54, 1.807) is 11.3 Å². The number of quaternary nitrogens is 1. The Labute approximate surface area is 108 Å². The second-order valence-corrected chi connectivity index (χ2v) is 6.25. The number of aromatic nitrogens is 1. The molecule has 1 aromatic heterocycles. The molecule has 0 amide bonds. The van der Waals surface area contributed by atoms with Crippen molar-refractivity contribution in [2.45, 2.75) is 31.7 Å². The molecule has 94 valence electrons. The maximum Gasteiger partial charge on any atom is 0.130 e. The number of para-hydroxylation sites is 1. The van der Waals surface area contributed by atoms with Crippen LogP contribution in [-0.2, 0) is 6.42 Å². The van der Waals surface area contributed by atoms with Crippen LogP contribution in [0.5, 0.6) is 0 Å². The lowest BCUT2D eigenvalue weighted by molar-refractivity contribution is -0.946. The molecule has 1 fully saturated rings. The first-order valence-electron chi connectivity index (χ1n) is 7.22. The Morgan fingerprint density at radius 1 is 1.17 bits per heavy atom. The summed E-state index contributed by atoms with van der Waals surface area (Å²) in [7, 11) is 2.46. The van der Waals surface area contributed by atoms with Gasteiger partial charge in [-0.1, -0.05) is 18.2 Å². The second kappa shape index (κ2) is 3.61. The van der Waals surface area contributed by atoms with Crippen molar-refractivity contribution in [3.8, 4) is 0 Å². The Balaban J connectivity index is 1.92. The summed E-state index contributed by atoms with van der Waals surface area (Å²) >= 11 is 0. The molecular weight excluding hydrogens is 220 g/mol. The van der Waals surface area contributed by atoms with Crippen LogP contribution in [0.25, 0.3) is 10.9 Å². The quantitative estimate of drug-likeness (QED) is 0.680. The summed E-state index contributed by atoms with van der Waals surface area (Å²) in [4.78, 5) is 3.72. The van der Waals surface area contributed by atoms with Crippen molar-refractivity contribution in [2.24, 2.45) is 0 Å². The number of nitrogens with zero attached hydrogens (tertiary/aromatic N) is 1. The Kier molecular flexibility index (Phi) is 2.13. The predicted octanol–water partition coefficient (Wildman–Crippen LogP) is 3.40. The highest BCUT2D eigenvalue weighted by molar-refractivity contribution is 5.85. The maximum atomic E-state index is 3.72. The van der Waals surface area contributed by atoms with Crippen molar-refractivity contribution in [1.29, 1.82) is 0 Å². The van der Waals surface area contributed by atoms with Crippen molar-refractivity contribution in [2.75, 3.05) is 20.1 Å². The van der Waals surface area contributed by atoms with Gasteiger partial charge in [0.15, 0.2) is 0 Å². The summed E-state index contributed by atoms with van der Waals surface area (Å²) in [5, 5.41) is 1.46. The van der Waals surface area contributed by atoms with E-state index < -0.39 is 0 Å². The summed E-state index contributed by atoms with van der Waals surface area (Å²) in [5.74, 6) is 0. The molecule has 2 atom stereocenters. The minimum Gasteiger partial charge on any atom is -0.353 e. The van der Waals surface area contributed by atoms with Gasteiger partial charge < -0.3 is 9.47 Å². The van der Waals surface area contributed by atoms with Gasteiger partial charge in [-0.25, -0.2) is 0 Å². The zero-order valence-electron chi connectivity index (χ0n) is 11.1. The molecule has 0 spiro atoms. The van der Waals surface area contributed by atoms with Crippen molar-refractivity contribution in [3.05, 3.63) is 35.5 Å². The Morgan fingerprint density at radius 2 is 2.06 bits per heavy atom. The first-order valence-corrected chi connectivity index (χ1v) is 7.22. The molecule has 2 aliphatic rings. The van der Waals surface area contributed by atoms with Gasteiger partial charge in [0.05, 0.1) is 25.8 Å². The normalized spacial score (nSPS) is 31.1. The summed E-state index contributed by atoms with van der Waals surface area (Å²) in [6.45, 7) is 2.68. The number of hydrogen-bond donors (Lipinski definition) is 1. The third-order valence-electron chi connectivity index (χ3n) is 5.20. The van der Waals surface area contributed by atoms with Crippen LogP contribution in [0.1, 0.15) is 36.6 Å². The average Bonchev–Trinajstić information content (AvgIpc) is 2.76. The highest BCUT2D eigenvalue weighted by atomic mass is 15.4. The van der Waals surface area contributed by atoms with Crippen molar-refractivity contribution in [3.63, 3.8) is 0 Å². The van der Waals surface area contributed by atoms with Crippen LogP contribution in [-0.4, -0.2) is 29.6 Å². The standard InChI is InChI=1S/C16H21N2/c1-18-10-5-4-8-15(18)16-13(9-11-18)12-6-2-3-7-14(12)17-16/h2-3,6-7,15,17H,4-5,8-11H2,1H3/q+1/t15-,18+/m0/s1. The monoisotopic (exact) mass is 241 g/mol. The molecule has 2 nitrogen and oxygen atoms in total. The molecule has 0 radical (unpaired) electrons. The summed E-state index contributed by atoms with van der Waals surface area (Å²) in [6, 6.07) is 9.53. The molecule has 2 aliphatic heterocycles. The van der Waals surface area contributed by atoms with E-state index in [1.165, 1.54) is 54.2 Å². The minimum atomic E-state index is 0.717. The highest BCUT2D eigenvalue weighted by Crippen LogP contribution is 2.43. The van der Waals surface area contributed by atoms with E-state index in [0.717, 1.165) is 6.04 Å². The SMILES string of the molecule is C[N@+]12CCCC[C@H]1c1[nH]c3ccccc3c1CC2. The Morgan fingerprint density at radius 3 is 3.00 bits per heavy atom. The van der Waals surface area contributed by atoms with Crippen LogP contribution in [0.4, 0.5) is 0 Å². The molecule has 1 saturated heterocycles. The van der Waals surface area contributed by atoms with Gasteiger partial charge in [0, 0.05) is 23.7 Å². The molecule has 3 heterocycles. The van der Waals surface area contributed by atoms with Gasteiger partial charge in [-0.3, -0.25) is 0 Å². The van der Waals surface area contributed by atoms with Gasteiger partial charge in [-0.05, 0) is 24.5 Å². The van der Waals surface area contributed by atoms with E-state index in [4.69, 9.17) is 0 Å². The van der Waals surface area contributed by atoms with E-state index in [1.807, 2.05) is 0 Å². The van der Waals surface area contributed by atoms with Crippen molar-refractivity contribution < 1.29 is 4.48 Å². The van der Waals surface area contributed by atoms with E-state index >= 15 is 0 Å². The first-order chi connectivity index (χ1) is 8.78. The van der Waals surface area contributed by atoms with Gasteiger partial charge in [0.2, 0.25) is 0 Å². The summed E-state index contributed by atoms with van der Waals surface area (Å²) in [6.07, 6.45) is 5.40. The van der Waals surface area contributed by atoms with Crippen LogP contribution in [0.3, 0.4) is 0 Å². The number of likely N-dealkylation sites (N-methyl/N-ethyl adjacent to an activating group) is 1. The predicted molar refractivity (Wildman–Crippen MR) is 74.5 cm³/mol. The number of benzene rings is 1. The smallest absolute Gasteiger partial charge is 0.130 e. The van der Waals surface area contributed by atoms with Crippen LogP contribution < -0.4 is 0 Å². The van der Waals surface area contributed by atoms with Gasteiger partial charge in [-0.15, -0.1) is 0 Å². The molecule has 0 aliphatic carbocycles. The molecule has 0 bridgehead atoms. The largest absolute Gasteiger partial charge is 0.353 e. The number of rotatable bonds is 0. The lowest BCUT2D eigenvalue weighted by atomic mass is 9.88. The third-order valence-corrected chi connectivity index (χ3v) is 5.20. The van der Waals surface area contributed by atoms with Crippen LogP contribution in [0, 0.1) is 0 Å². The molecule has 0 unspecified atom stereocenters. The molecule has 0 saturated carbocycles. The highest BCUT2D eigenvalue weighted by Gasteiger charge is 2.42. The third kappa shape index (κ3) is 1.33. The van der Waals surface area contributed by atoms with Gasteiger partial charge in [0.1, 0.15) is 6.04 Å². The topological polar surface area (TPSA) is 15.8 Å². The van der Waals surface area contributed by atoms with Gasteiger partial charge in [0.25, 0.3) is 0 Å². The van der Waals surface area contributed by atoms with Crippen molar-refractivity contribution in [1.82, 2.24) is 4.98 Å². The molecule has 2 aromatic rings. The average molecular weight is 241 g/mol. The van der Waals surface area contributed by atoms with E-state index in [9.17, 15) is 0 Å². The molecule has 18 heavy (non-hydrogen) atoms. The molecular formula is C16H21N2+. The fourth-order valence-electron chi connectivity index (χ4n) is 4.14. The van der Waals surface area contributed by atoms with Crippen LogP contribution >= 0.6 is 0 Å². The number of fused-ring (bicyclic) bond motifs is 5. The fourth-order valence-corrected chi connectivity index (χ4v) is 4.14. The molecule has 1 aromatic carbocycles. The molecule has 2 heteroatoms. The second-order valence-electron chi connectivity index (χ2n) is 6.25. The maximum absolute atomic E-state index is 3.72. The van der Waals surface area contributed by atoms with Crippen LogP contribution in [0.2, 0.25) is 0 Å². The lowest BCUT2D eigenvalue weighted by Gasteiger charge is -2.47. The van der Waals surface area contributed by atoms with E-state index in [0.29, 0.717) is 0 Å². The number of piperidine rings is 1. The Hall–Kier alpha value is -1.28. The van der Waals surface area contributed by atoms with Gasteiger partial charge >= 0.3 is 0 Å². The first kappa shape index (κ1) is 10.6. The Bertz CT molecular complexity index is 598. The van der Waals surface area contributed by atoms with E-state index in [2.05, 4.69) is 36.3 Å². The number of H-pyrrole nitrogens is 1. The van der Waals surface area contributed by atoms with Gasteiger partial charge in [-0.2, -0.15) is 0 Å². The van der Waals surface area contributed by atoms with Crippen LogP contribution in [0.15, 0.2) is 24.3 Å². The molecule has 1 N–H and O–H groups in total. The number of nitrogens with one attached hydrogen (secondary N) is 1.